The first-order chi connectivity index (χ1) is 30.2. The first-order valence-electron chi connectivity index (χ1n) is 24.3. The van der Waals surface area contributed by atoms with E-state index in [2.05, 4.69) is 26.0 Å². The maximum Gasteiger partial charge on any atom is 0.472 e. The molecule has 0 amide bonds. The van der Waals surface area contributed by atoms with E-state index < -0.39 is 87.9 Å². The second-order valence-corrected chi connectivity index (χ2v) is 18.7. The van der Waals surface area contributed by atoms with Crippen LogP contribution in [-0.2, 0) is 32.7 Å². The van der Waals surface area contributed by atoms with Crippen molar-refractivity contribution < 1.29 is 73.3 Å². The molecule has 0 aliphatic heterocycles. The number of unbranched alkanes of at least 4 members (excludes halogenated alkanes) is 20. The first kappa shape index (κ1) is 59.3. The van der Waals surface area contributed by atoms with Crippen LogP contribution in [0.3, 0.4) is 0 Å². The molecule has 1 fully saturated rings. The fourth-order valence-corrected chi connectivity index (χ4v) is 8.34. The van der Waals surface area contributed by atoms with E-state index in [1.807, 2.05) is 12.2 Å². The van der Waals surface area contributed by atoms with Crippen LogP contribution in [0.4, 0.5) is 0 Å². The van der Waals surface area contributed by atoms with Crippen molar-refractivity contribution in [3.05, 3.63) is 24.3 Å². The molecule has 3 unspecified atom stereocenters. The Morgan fingerprint density at radius 1 is 0.540 bits per heavy atom. The van der Waals surface area contributed by atoms with Gasteiger partial charge in [0.25, 0.3) is 0 Å². The van der Waals surface area contributed by atoms with Crippen molar-refractivity contribution in [2.75, 3.05) is 13.2 Å². The number of phosphoric acid groups is 1. The summed E-state index contributed by atoms with van der Waals surface area (Å²) in [6.07, 6.45) is 19.5. The summed E-state index contributed by atoms with van der Waals surface area (Å²) in [5, 5.41) is 70.7. The number of rotatable bonds is 40. The molecule has 63 heavy (non-hydrogen) atoms. The van der Waals surface area contributed by atoms with Crippen LogP contribution in [0.1, 0.15) is 194 Å². The SMILES string of the molecule is CCCCC/C=C\C[C@@H](O)[C@H](O)CCCCCCCC(=O)OC[C@H](COP(=O)(O)OC1[C@H](O)[C@H](O)C(O)[C@H](O)[C@H]1O)OC(=O)CCCCCCCCC/C=C\CCCCCCCC. The van der Waals surface area contributed by atoms with Crippen LogP contribution in [0.2, 0.25) is 0 Å². The molecule has 0 aromatic heterocycles. The summed E-state index contributed by atoms with van der Waals surface area (Å²) in [5.41, 5.74) is 0. The van der Waals surface area contributed by atoms with Crippen molar-refractivity contribution in [3.63, 3.8) is 0 Å². The molecule has 370 valence electrons. The van der Waals surface area contributed by atoms with Gasteiger partial charge in [-0.1, -0.05) is 141 Å². The predicted octanol–water partition coefficient (Wildman–Crippen LogP) is 7.56. The average Bonchev–Trinajstić information content (AvgIpc) is 3.26. The monoisotopic (exact) mass is 923 g/mol. The molecule has 0 aromatic carbocycles. The number of esters is 2. The topological polar surface area (TPSA) is 250 Å². The smallest absolute Gasteiger partial charge is 0.462 e. The fraction of sp³-hybridized carbons (Fsp3) is 0.872. The molecule has 0 radical (unpaired) electrons. The summed E-state index contributed by atoms with van der Waals surface area (Å²) >= 11 is 0. The lowest BCUT2D eigenvalue weighted by atomic mass is 9.85. The normalized spacial score (nSPS) is 22.9. The number of hydrogen-bond donors (Lipinski definition) is 8. The molecule has 1 aliphatic carbocycles. The number of ether oxygens (including phenoxy) is 2. The highest BCUT2D eigenvalue weighted by molar-refractivity contribution is 7.47. The van der Waals surface area contributed by atoms with Crippen molar-refractivity contribution >= 4 is 19.8 Å². The molecule has 1 saturated carbocycles. The molecule has 0 heterocycles. The number of allylic oxidation sites excluding steroid dienone is 3. The molecule has 1 aliphatic rings. The van der Waals surface area contributed by atoms with E-state index in [0.717, 1.165) is 96.3 Å². The third kappa shape index (κ3) is 29.5. The molecular formula is C47H87O15P. The Labute approximate surface area is 378 Å². The molecular weight excluding hydrogens is 835 g/mol. The summed E-state index contributed by atoms with van der Waals surface area (Å²) in [4.78, 5) is 35.8. The lowest BCUT2D eigenvalue weighted by molar-refractivity contribution is -0.220. The van der Waals surface area contributed by atoms with Crippen molar-refractivity contribution in [1.29, 1.82) is 0 Å². The highest BCUT2D eigenvalue weighted by Gasteiger charge is 2.51. The summed E-state index contributed by atoms with van der Waals surface area (Å²) in [6, 6.07) is 0. The Balaban J connectivity index is 2.49. The van der Waals surface area contributed by atoms with Crippen molar-refractivity contribution in [3.8, 4) is 0 Å². The minimum absolute atomic E-state index is 0.0614. The Kier molecular flexibility index (Phi) is 35.1. The zero-order valence-corrected chi connectivity index (χ0v) is 39.5. The van der Waals surface area contributed by atoms with Gasteiger partial charge in [0.2, 0.25) is 0 Å². The number of phosphoric ester groups is 1. The maximum atomic E-state index is 12.8. The van der Waals surface area contributed by atoms with Crippen LogP contribution in [0.15, 0.2) is 24.3 Å². The van der Waals surface area contributed by atoms with E-state index in [1.54, 1.807) is 0 Å². The molecule has 0 saturated heterocycles. The second-order valence-electron chi connectivity index (χ2n) is 17.3. The number of carbonyl (C=O) groups is 2. The molecule has 8 N–H and O–H groups in total. The van der Waals surface area contributed by atoms with Crippen LogP contribution in [-0.4, -0.2) is 121 Å². The van der Waals surface area contributed by atoms with E-state index in [1.165, 1.54) is 44.9 Å². The summed E-state index contributed by atoms with van der Waals surface area (Å²) in [7, 11) is -5.15. The Morgan fingerprint density at radius 3 is 1.52 bits per heavy atom. The van der Waals surface area contributed by atoms with Crippen molar-refractivity contribution in [2.45, 2.75) is 249 Å². The van der Waals surface area contributed by atoms with Crippen LogP contribution < -0.4 is 0 Å². The average molecular weight is 923 g/mol. The van der Waals surface area contributed by atoms with E-state index in [0.29, 0.717) is 25.7 Å². The summed E-state index contributed by atoms with van der Waals surface area (Å²) in [5.74, 6) is -1.21. The van der Waals surface area contributed by atoms with Gasteiger partial charge in [0.05, 0.1) is 18.8 Å². The van der Waals surface area contributed by atoms with Crippen molar-refractivity contribution in [1.82, 2.24) is 0 Å². The second kappa shape index (κ2) is 37.4. The summed E-state index contributed by atoms with van der Waals surface area (Å²) < 4.78 is 33.5. The van der Waals surface area contributed by atoms with Gasteiger partial charge in [0, 0.05) is 12.8 Å². The van der Waals surface area contributed by atoms with Crippen LogP contribution in [0.5, 0.6) is 0 Å². The minimum atomic E-state index is -5.15. The van der Waals surface area contributed by atoms with Crippen LogP contribution in [0.25, 0.3) is 0 Å². The molecule has 16 heteroatoms. The van der Waals surface area contributed by atoms with Crippen LogP contribution in [0, 0.1) is 0 Å². The number of hydrogen-bond acceptors (Lipinski definition) is 14. The molecule has 1 rings (SSSR count). The first-order valence-corrected chi connectivity index (χ1v) is 25.8. The quantitative estimate of drug-likeness (QED) is 0.0128. The van der Waals surface area contributed by atoms with E-state index >= 15 is 0 Å². The zero-order chi connectivity index (χ0) is 46.7. The highest BCUT2D eigenvalue weighted by atomic mass is 31.2. The van der Waals surface area contributed by atoms with Gasteiger partial charge >= 0.3 is 19.8 Å². The van der Waals surface area contributed by atoms with Gasteiger partial charge in [-0.3, -0.25) is 18.6 Å². The predicted molar refractivity (Wildman–Crippen MR) is 242 cm³/mol. The number of carbonyl (C=O) groups excluding carboxylic acids is 2. The van der Waals surface area contributed by atoms with E-state index in [4.69, 9.17) is 18.5 Å². The van der Waals surface area contributed by atoms with E-state index in [-0.39, 0.29) is 12.8 Å². The molecule has 10 atom stereocenters. The zero-order valence-electron chi connectivity index (χ0n) is 38.6. The van der Waals surface area contributed by atoms with Gasteiger partial charge in [0.1, 0.15) is 43.2 Å². The van der Waals surface area contributed by atoms with Gasteiger partial charge in [-0.15, -0.1) is 0 Å². The lowest BCUT2D eigenvalue weighted by Gasteiger charge is -2.41. The maximum absolute atomic E-state index is 12.8. The number of aliphatic hydroxyl groups is 7. The lowest BCUT2D eigenvalue weighted by Crippen LogP contribution is -2.64. The highest BCUT2D eigenvalue weighted by Crippen LogP contribution is 2.47. The molecule has 0 bridgehead atoms. The molecule has 0 aromatic rings. The van der Waals surface area contributed by atoms with Gasteiger partial charge in [-0.25, -0.2) is 4.57 Å². The van der Waals surface area contributed by atoms with Gasteiger partial charge in [-0.05, 0) is 64.2 Å². The summed E-state index contributed by atoms with van der Waals surface area (Å²) in [6.45, 7) is 3.11. The third-order valence-electron chi connectivity index (χ3n) is 11.5. The number of aliphatic hydroxyl groups excluding tert-OH is 7. The van der Waals surface area contributed by atoms with Crippen molar-refractivity contribution in [2.24, 2.45) is 0 Å². The third-order valence-corrected chi connectivity index (χ3v) is 12.5. The van der Waals surface area contributed by atoms with Gasteiger partial charge in [-0.2, -0.15) is 0 Å². The fourth-order valence-electron chi connectivity index (χ4n) is 7.36. The molecule has 0 spiro atoms. The van der Waals surface area contributed by atoms with E-state index in [9.17, 15) is 54.8 Å². The molecule has 15 nitrogen and oxygen atoms in total. The van der Waals surface area contributed by atoms with Crippen LogP contribution >= 0.6 is 7.82 Å². The Bertz CT molecular complexity index is 1240. The Morgan fingerprint density at radius 2 is 0.968 bits per heavy atom. The van der Waals surface area contributed by atoms with Gasteiger partial charge in [0.15, 0.2) is 6.10 Å². The standard InChI is InChI=1S/C47H87O15P/c1-3-5-7-9-11-12-13-14-15-16-17-18-19-20-21-25-30-34-41(51)61-37(36-60-63(57,58)62-47-45(55)43(53)42(52)44(54)46(47)56)35-59-40(50)33-29-26-22-24-28-32-39(49)38(48)31-27-23-10-8-6-4-2/h14-15,23,27,37-39,42-49,52-56H,3-13,16-22,24-26,28-36H2,1-2H3,(H,57,58)/b15-14-,27-23-/t37-,38-,39-,42?,43-,44+,45-,46-,47?/m1/s1. The van der Waals surface area contributed by atoms with Gasteiger partial charge < -0.3 is 50.1 Å². The largest absolute Gasteiger partial charge is 0.472 e. The minimum Gasteiger partial charge on any atom is -0.462 e. The Hall–Kier alpha value is -1.75.